The number of anilines is 2. The Bertz CT molecular complexity index is 1270. The number of nitriles is 1. The fourth-order valence-electron chi connectivity index (χ4n) is 2.78. The predicted molar refractivity (Wildman–Crippen MR) is 125 cm³/mol. The van der Waals surface area contributed by atoms with Crippen molar-refractivity contribution in [2.45, 2.75) is 11.3 Å². The van der Waals surface area contributed by atoms with Gasteiger partial charge in [-0.15, -0.1) is 0 Å². The van der Waals surface area contributed by atoms with E-state index < -0.39 is 15.9 Å². The average molecular weight is 486 g/mol. The van der Waals surface area contributed by atoms with Crippen LogP contribution < -0.4 is 19.5 Å². The first-order valence-corrected chi connectivity index (χ1v) is 11.5. The van der Waals surface area contributed by atoms with Gasteiger partial charge in [-0.3, -0.25) is 9.52 Å². The summed E-state index contributed by atoms with van der Waals surface area (Å²) in [6.45, 7) is -0.324. The molecular weight excluding hydrogens is 466 g/mol. The van der Waals surface area contributed by atoms with Crippen LogP contribution in [0.1, 0.15) is 5.56 Å². The Hall–Kier alpha value is -3.74. The highest BCUT2D eigenvalue weighted by Crippen LogP contribution is 2.28. The van der Waals surface area contributed by atoms with Crippen molar-refractivity contribution in [1.82, 2.24) is 0 Å². The number of methoxy groups -OCH3 is 1. The lowest BCUT2D eigenvalue weighted by Crippen LogP contribution is -2.20. The van der Waals surface area contributed by atoms with Crippen LogP contribution in [0.4, 0.5) is 11.4 Å². The fourth-order valence-corrected chi connectivity index (χ4v) is 4.16. The van der Waals surface area contributed by atoms with Gasteiger partial charge in [0.15, 0.2) is 6.61 Å². The summed E-state index contributed by atoms with van der Waals surface area (Å²) in [7, 11) is -2.36. The van der Waals surface area contributed by atoms with Crippen LogP contribution in [0.3, 0.4) is 0 Å². The molecule has 3 aromatic rings. The van der Waals surface area contributed by atoms with E-state index in [0.717, 1.165) is 5.56 Å². The number of carbonyl (C=O) groups excluding carboxylic acids is 1. The average Bonchev–Trinajstić information content (AvgIpc) is 2.80. The number of ether oxygens (including phenoxy) is 2. The lowest BCUT2D eigenvalue weighted by atomic mass is 10.1. The second-order valence-corrected chi connectivity index (χ2v) is 8.88. The number of hydrogen-bond donors (Lipinski definition) is 2. The summed E-state index contributed by atoms with van der Waals surface area (Å²) in [4.78, 5) is 12.1. The first-order valence-electron chi connectivity index (χ1n) is 9.65. The van der Waals surface area contributed by atoms with Crippen molar-refractivity contribution in [3.05, 3.63) is 77.3 Å². The van der Waals surface area contributed by atoms with E-state index in [1.807, 2.05) is 0 Å². The van der Waals surface area contributed by atoms with E-state index >= 15 is 0 Å². The van der Waals surface area contributed by atoms with Crippen molar-refractivity contribution in [3.8, 4) is 17.6 Å². The molecule has 0 aliphatic rings. The maximum atomic E-state index is 12.6. The van der Waals surface area contributed by atoms with Crippen LogP contribution >= 0.6 is 11.6 Å². The molecular formula is C23H20ClN3O5S. The van der Waals surface area contributed by atoms with Crippen molar-refractivity contribution >= 4 is 38.9 Å². The summed E-state index contributed by atoms with van der Waals surface area (Å²) in [5, 5.41) is 11.4. The summed E-state index contributed by atoms with van der Waals surface area (Å²) in [6.07, 6.45) is 0.289. The number of amides is 1. The monoisotopic (exact) mass is 485 g/mol. The molecule has 0 fully saturated rings. The molecule has 0 bridgehead atoms. The number of halogens is 1. The zero-order chi connectivity index (χ0) is 23.8. The molecule has 0 saturated heterocycles. The molecule has 1 amide bonds. The number of nitrogens with one attached hydrogen (secondary N) is 2. The number of sulfonamides is 1. The minimum absolute atomic E-state index is 0.0428. The molecule has 2 N–H and O–H groups in total. The van der Waals surface area contributed by atoms with Gasteiger partial charge in [-0.1, -0.05) is 23.7 Å². The molecule has 0 saturated carbocycles. The van der Waals surface area contributed by atoms with Gasteiger partial charge in [-0.05, 0) is 60.2 Å². The fraction of sp³-hybridized carbons (Fsp3) is 0.130. The molecule has 0 aliphatic heterocycles. The Morgan fingerprint density at radius 2 is 1.70 bits per heavy atom. The van der Waals surface area contributed by atoms with Crippen molar-refractivity contribution in [2.24, 2.45) is 0 Å². The zero-order valence-electron chi connectivity index (χ0n) is 17.5. The minimum atomic E-state index is -3.88. The third-order valence-electron chi connectivity index (χ3n) is 4.44. The van der Waals surface area contributed by atoms with E-state index in [0.29, 0.717) is 17.1 Å². The van der Waals surface area contributed by atoms with Crippen LogP contribution in [0.5, 0.6) is 11.5 Å². The highest BCUT2D eigenvalue weighted by molar-refractivity contribution is 7.92. The molecule has 3 aromatic carbocycles. The lowest BCUT2D eigenvalue weighted by molar-refractivity contribution is -0.118. The van der Waals surface area contributed by atoms with E-state index in [4.69, 9.17) is 26.3 Å². The Morgan fingerprint density at radius 3 is 2.30 bits per heavy atom. The van der Waals surface area contributed by atoms with Gasteiger partial charge in [0.1, 0.15) is 11.5 Å². The predicted octanol–water partition coefficient (Wildman–Crippen LogP) is 4.23. The standard InChI is InChI=1S/C23H20ClN3O5S/c1-31-19-8-6-18(7-9-19)27-33(29,30)20-10-11-22(21(24)14-20)32-15-23(28)26-17-4-2-16(3-5-17)12-13-25/h2-11,14,27H,12,15H2,1H3,(H,26,28). The Morgan fingerprint density at radius 1 is 1.03 bits per heavy atom. The zero-order valence-corrected chi connectivity index (χ0v) is 19.1. The van der Waals surface area contributed by atoms with Crippen molar-refractivity contribution in [2.75, 3.05) is 23.8 Å². The maximum absolute atomic E-state index is 12.6. The number of rotatable bonds is 9. The first kappa shape index (κ1) is 23.9. The second-order valence-electron chi connectivity index (χ2n) is 6.79. The van der Waals surface area contributed by atoms with Crippen molar-refractivity contribution in [1.29, 1.82) is 5.26 Å². The summed E-state index contributed by atoms with van der Waals surface area (Å²) in [6, 6.07) is 19.3. The van der Waals surface area contributed by atoms with Crippen LogP contribution in [0, 0.1) is 11.3 Å². The van der Waals surface area contributed by atoms with Gasteiger partial charge < -0.3 is 14.8 Å². The molecule has 0 unspecified atom stereocenters. The van der Waals surface area contributed by atoms with E-state index in [-0.39, 0.29) is 28.7 Å². The molecule has 0 spiro atoms. The summed E-state index contributed by atoms with van der Waals surface area (Å²) in [5.41, 5.74) is 1.77. The Balaban J connectivity index is 1.60. The number of benzene rings is 3. The van der Waals surface area contributed by atoms with E-state index in [2.05, 4.69) is 16.1 Å². The van der Waals surface area contributed by atoms with Gasteiger partial charge >= 0.3 is 0 Å². The molecule has 0 atom stereocenters. The lowest BCUT2D eigenvalue weighted by Gasteiger charge is -2.12. The quantitative estimate of drug-likeness (QED) is 0.468. The van der Waals surface area contributed by atoms with Crippen LogP contribution in [-0.2, 0) is 21.2 Å². The smallest absolute Gasteiger partial charge is 0.262 e. The molecule has 0 radical (unpaired) electrons. The van der Waals surface area contributed by atoms with Crippen LogP contribution in [0.2, 0.25) is 5.02 Å². The summed E-state index contributed by atoms with van der Waals surface area (Å²) in [5.74, 6) is 0.346. The third-order valence-corrected chi connectivity index (χ3v) is 6.11. The van der Waals surface area contributed by atoms with E-state index in [1.54, 1.807) is 48.5 Å². The second kappa shape index (κ2) is 10.7. The van der Waals surface area contributed by atoms with Gasteiger partial charge in [0.05, 0.1) is 29.5 Å². The van der Waals surface area contributed by atoms with Crippen LogP contribution in [0.25, 0.3) is 0 Å². The normalized spacial score (nSPS) is 10.7. The number of hydrogen-bond acceptors (Lipinski definition) is 6. The molecule has 3 rings (SSSR count). The van der Waals surface area contributed by atoms with Crippen LogP contribution in [0.15, 0.2) is 71.6 Å². The topological polar surface area (TPSA) is 118 Å². The van der Waals surface area contributed by atoms with Crippen LogP contribution in [-0.4, -0.2) is 28.0 Å². The van der Waals surface area contributed by atoms with E-state index in [9.17, 15) is 13.2 Å². The van der Waals surface area contributed by atoms with Gasteiger partial charge in [-0.25, -0.2) is 8.42 Å². The molecule has 8 nitrogen and oxygen atoms in total. The Labute approximate surface area is 196 Å². The third kappa shape index (κ3) is 6.62. The van der Waals surface area contributed by atoms with Gasteiger partial charge in [0.25, 0.3) is 15.9 Å². The first-order chi connectivity index (χ1) is 15.8. The van der Waals surface area contributed by atoms with E-state index in [1.165, 1.54) is 25.3 Å². The SMILES string of the molecule is COc1ccc(NS(=O)(=O)c2ccc(OCC(=O)Nc3ccc(CC#N)cc3)c(Cl)c2)cc1. The van der Waals surface area contributed by atoms with Gasteiger partial charge in [0.2, 0.25) is 0 Å². The summed E-state index contributed by atoms with van der Waals surface area (Å²) < 4.78 is 38.2. The van der Waals surface area contributed by atoms with Gasteiger partial charge in [-0.2, -0.15) is 5.26 Å². The molecule has 10 heteroatoms. The number of nitrogens with zero attached hydrogens (tertiary/aromatic N) is 1. The molecule has 33 heavy (non-hydrogen) atoms. The molecule has 0 aliphatic carbocycles. The molecule has 0 heterocycles. The van der Waals surface area contributed by atoms with Crippen molar-refractivity contribution in [3.63, 3.8) is 0 Å². The largest absolute Gasteiger partial charge is 0.497 e. The summed E-state index contributed by atoms with van der Waals surface area (Å²) >= 11 is 6.18. The Kier molecular flexibility index (Phi) is 7.77. The minimum Gasteiger partial charge on any atom is -0.497 e. The van der Waals surface area contributed by atoms with Gasteiger partial charge in [0, 0.05) is 11.4 Å². The molecule has 0 aromatic heterocycles. The maximum Gasteiger partial charge on any atom is 0.262 e. The highest BCUT2D eigenvalue weighted by Gasteiger charge is 2.17. The number of carbonyl (C=O) groups is 1. The molecule has 170 valence electrons. The highest BCUT2D eigenvalue weighted by atomic mass is 35.5. The van der Waals surface area contributed by atoms with Crippen molar-refractivity contribution < 1.29 is 22.7 Å².